The van der Waals surface area contributed by atoms with Crippen LogP contribution < -0.4 is 10.6 Å². The molecule has 1 rings (SSSR count). The molecule has 0 unspecified atom stereocenters. The van der Waals surface area contributed by atoms with Gasteiger partial charge in [-0.3, -0.25) is 4.79 Å². The van der Waals surface area contributed by atoms with Gasteiger partial charge in [0.2, 0.25) is 5.91 Å². The number of hydrogen-bond acceptors (Lipinski definition) is 4. The van der Waals surface area contributed by atoms with Crippen LogP contribution in [-0.2, 0) is 4.79 Å². The molecule has 1 aromatic rings. The van der Waals surface area contributed by atoms with Crippen molar-refractivity contribution in [1.29, 1.82) is 0 Å². The van der Waals surface area contributed by atoms with E-state index < -0.39 is 0 Å². The average Bonchev–Trinajstić information content (AvgIpc) is 2.36. The standard InChI is InChI=1S/C13H21ClN4O/c1-8(2)7-16-11(19)5-6-15-13-10(4)9(3)12(14)17-18-13/h8H,5-7H2,1-4H3,(H,15,18)(H,16,19). The van der Waals surface area contributed by atoms with E-state index in [9.17, 15) is 4.79 Å². The van der Waals surface area contributed by atoms with Crippen molar-refractivity contribution in [1.82, 2.24) is 15.5 Å². The lowest BCUT2D eigenvalue weighted by Gasteiger charge is -2.11. The smallest absolute Gasteiger partial charge is 0.221 e. The zero-order valence-electron chi connectivity index (χ0n) is 11.9. The minimum atomic E-state index is 0.0393. The molecule has 0 radical (unpaired) electrons. The molecule has 0 aliphatic carbocycles. The maximum atomic E-state index is 11.5. The molecule has 0 spiro atoms. The number of halogens is 1. The van der Waals surface area contributed by atoms with Crippen molar-refractivity contribution in [2.45, 2.75) is 34.1 Å². The van der Waals surface area contributed by atoms with Crippen molar-refractivity contribution in [2.75, 3.05) is 18.4 Å². The number of hydrogen-bond donors (Lipinski definition) is 2. The summed E-state index contributed by atoms with van der Waals surface area (Å²) >= 11 is 5.88. The number of rotatable bonds is 6. The molecular weight excluding hydrogens is 264 g/mol. The van der Waals surface area contributed by atoms with E-state index in [4.69, 9.17) is 11.6 Å². The second-order valence-electron chi connectivity index (χ2n) is 4.96. The lowest BCUT2D eigenvalue weighted by Crippen LogP contribution is -2.28. The Kier molecular flexibility index (Phi) is 6.02. The number of aromatic nitrogens is 2. The first kappa shape index (κ1) is 15.7. The van der Waals surface area contributed by atoms with Crippen LogP contribution in [-0.4, -0.2) is 29.2 Å². The van der Waals surface area contributed by atoms with Crippen molar-refractivity contribution in [3.63, 3.8) is 0 Å². The van der Waals surface area contributed by atoms with Crippen molar-refractivity contribution >= 4 is 23.3 Å². The number of nitrogens with one attached hydrogen (secondary N) is 2. The van der Waals surface area contributed by atoms with E-state index >= 15 is 0 Å². The largest absolute Gasteiger partial charge is 0.368 e. The van der Waals surface area contributed by atoms with Crippen LogP contribution in [0.2, 0.25) is 5.15 Å². The molecule has 0 saturated carbocycles. The Morgan fingerprint density at radius 3 is 2.58 bits per heavy atom. The molecule has 0 atom stereocenters. The lowest BCUT2D eigenvalue weighted by atomic mass is 10.2. The lowest BCUT2D eigenvalue weighted by molar-refractivity contribution is -0.120. The van der Waals surface area contributed by atoms with Crippen LogP contribution in [0.15, 0.2) is 0 Å². The highest BCUT2D eigenvalue weighted by atomic mass is 35.5. The van der Waals surface area contributed by atoms with Gasteiger partial charge in [-0.25, -0.2) is 0 Å². The Morgan fingerprint density at radius 1 is 1.26 bits per heavy atom. The van der Waals surface area contributed by atoms with Crippen LogP contribution in [0, 0.1) is 19.8 Å². The van der Waals surface area contributed by atoms with Gasteiger partial charge < -0.3 is 10.6 Å². The number of amides is 1. The molecule has 6 heteroatoms. The first-order valence-corrected chi connectivity index (χ1v) is 6.79. The van der Waals surface area contributed by atoms with Crippen LogP contribution in [0.5, 0.6) is 0 Å². The molecular formula is C13H21ClN4O. The summed E-state index contributed by atoms with van der Waals surface area (Å²) in [5, 5.41) is 14.2. The van der Waals surface area contributed by atoms with Crippen LogP contribution in [0.25, 0.3) is 0 Å². The molecule has 5 nitrogen and oxygen atoms in total. The maximum Gasteiger partial charge on any atom is 0.221 e. The Morgan fingerprint density at radius 2 is 1.95 bits per heavy atom. The van der Waals surface area contributed by atoms with Gasteiger partial charge in [0.15, 0.2) is 11.0 Å². The van der Waals surface area contributed by atoms with E-state index in [1.54, 1.807) is 0 Å². The summed E-state index contributed by atoms with van der Waals surface area (Å²) in [5.41, 5.74) is 1.87. The topological polar surface area (TPSA) is 66.9 Å². The molecule has 1 amide bonds. The Labute approximate surface area is 119 Å². The van der Waals surface area contributed by atoms with E-state index in [0.29, 0.717) is 36.4 Å². The Bertz CT molecular complexity index is 449. The summed E-state index contributed by atoms with van der Waals surface area (Å²) in [6, 6.07) is 0. The number of nitrogens with zero attached hydrogens (tertiary/aromatic N) is 2. The Balaban J connectivity index is 2.41. The van der Waals surface area contributed by atoms with Gasteiger partial charge >= 0.3 is 0 Å². The SMILES string of the molecule is Cc1c(Cl)nnc(NCCC(=O)NCC(C)C)c1C. The monoisotopic (exact) mass is 284 g/mol. The zero-order chi connectivity index (χ0) is 14.4. The third-order valence-electron chi connectivity index (χ3n) is 2.82. The molecule has 0 aromatic carbocycles. The predicted octanol–water partition coefficient (Wildman–Crippen LogP) is 2.32. The van der Waals surface area contributed by atoms with Gasteiger partial charge in [-0.05, 0) is 30.9 Å². The third-order valence-corrected chi connectivity index (χ3v) is 3.18. The van der Waals surface area contributed by atoms with E-state index in [-0.39, 0.29) is 5.91 Å². The molecule has 1 aromatic heterocycles. The van der Waals surface area contributed by atoms with E-state index in [0.717, 1.165) is 11.1 Å². The molecule has 0 fully saturated rings. The van der Waals surface area contributed by atoms with E-state index in [1.807, 2.05) is 13.8 Å². The minimum Gasteiger partial charge on any atom is -0.368 e. The summed E-state index contributed by atoms with van der Waals surface area (Å²) < 4.78 is 0. The van der Waals surface area contributed by atoms with Gasteiger partial charge in [0.05, 0.1) is 0 Å². The maximum absolute atomic E-state index is 11.5. The fourth-order valence-electron chi connectivity index (χ4n) is 1.44. The molecule has 19 heavy (non-hydrogen) atoms. The highest BCUT2D eigenvalue weighted by molar-refractivity contribution is 6.30. The predicted molar refractivity (Wildman–Crippen MR) is 77.5 cm³/mol. The van der Waals surface area contributed by atoms with Gasteiger partial charge in [0.25, 0.3) is 0 Å². The summed E-state index contributed by atoms with van der Waals surface area (Å²) in [4.78, 5) is 11.5. The normalized spacial score (nSPS) is 10.6. The van der Waals surface area contributed by atoms with Gasteiger partial charge in [-0.2, -0.15) is 0 Å². The van der Waals surface area contributed by atoms with Crippen LogP contribution in [0.4, 0.5) is 5.82 Å². The second kappa shape index (κ2) is 7.28. The fourth-order valence-corrected chi connectivity index (χ4v) is 1.62. The number of carbonyl (C=O) groups excluding carboxylic acids is 1. The Hall–Kier alpha value is -1.36. The second-order valence-corrected chi connectivity index (χ2v) is 5.32. The molecule has 0 saturated heterocycles. The molecule has 106 valence electrons. The highest BCUT2D eigenvalue weighted by Crippen LogP contribution is 2.20. The zero-order valence-corrected chi connectivity index (χ0v) is 12.6. The summed E-state index contributed by atoms with van der Waals surface area (Å²) in [6.07, 6.45) is 0.412. The first-order valence-electron chi connectivity index (χ1n) is 6.41. The number of anilines is 1. The van der Waals surface area contributed by atoms with Crippen LogP contribution in [0.1, 0.15) is 31.4 Å². The molecule has 1 heterocycles. The molecule has 0 aliphatic heterocycles. The molecule has 0 bridgehead atoms. The van der Waals surface area contributed by atoms with E-state index in [1.165, 1.54) is 0 Å². The van der Waals surface area contributed by atoms with Gasteiger partial charge in [0, 0.05) is 19.5 Å². The minimum absolute atomic E-state index is 0.0393. The van der Waals surface area contributed by atoms with Gasteiger partial charge in [-0.1, -0.05) is 25.4 Å². The van der Waals surface area contributed by atoms with Crippen LogP contribution >= 0.6 is 11.6 Å². The summed E-state index contributed by atoms with van der Waals surface area (Å²) in [7, 11) is 0. The van der Waals surface area contributed by atoms with Crippen molar-refractivity contribution in [3.05, 3.63) is 16.3 Å². The quantitative estimate of drug-likeness (QED) is 0.841. The van der Waals surface area contributed by atoms with Gasteiger partial charge in [0.1, 0.15) is 0 Å². The summed E-state index contributed by atoms with van der Waals surface area (Å²) in [6.45, 7) is 9.18. The fraction of sp³-hybridized carbons (Fsp3) is 0.615. The highest BCUT2D eigenvalue weighted by Gasteiger charge is 2.08. The third kappa shape index (κ3) is 5.03. The average molecular weight is 285 g/mol. The first-order chi connectivity index (χ1) is 8.91. The summed E-state index contributed by atoms with van der Waals surface area (Å²) in [5.74, 6) is 1.18. The molecule has 0 aliphatic rings. The number of carbonyl (C=O) groups is 1. The van der Waals surface area contributed by atoms with Crippen LogP contribution in [0.3, 0.4) is 0 Å². The van der Waals surface area contributed by atoms with Crippen molar-refractivity contribution in [2.24, 2.45) is 5.92 Å². The van der Waals surface area contributed by atoms with Crippen molar-refractivity contribution in [3.8, 4) is 0 Å². The molecule has 2 N–H and O–H groups in total. The van der Waals surface area contributed by atoms with Gasteiger partial charge in [-0.15, -0.1) is 10.2 Å². The van der Waals surface area contributed by atoms with E-state index in [2.05, 4.69) is 34.7 Å². The van der Waals surface area contributed by atoms with Crippen molar-refractivity contribution < 1.29 is 4.79 Å².